The predicted molar refractivity (Wildman–Crippen MR) is 104 cm³/mol. The molecule has 11 heteroatoms. The van der Waals surface area contributed by atoms with Crippen molar-refractivity contribution in [3.05, 3.63) is 64.1 Å². The lowest BCUT2D eigenvalue weighted by Crippen LogP contribution is -2.30. The molecular weight excluding hydrogens is 440 g/mol. The summed E-state index contributed by atoms with van der Waals surface area (Å²) in [4.78, 5) is 5.40. The molecule has 152 valence electrons. The van der Waals surface area contributed by atoms with Crippen molar-refractivity contribution in [1.82, 2.24) is 5.48 Å². The molecule has 0 saturated carbocycles. The Labute approximate surface area is 170 Å². The summed E-state index contributed by atoms with van der Waals surface area (Å²) in [7, 11) is -5.61. The minimum absolute atomic E-state index is 0.0798. The van der Waals surface area contributed by atoms with Crippen molar-refractivity contribution >= 4 is 44.6 Å². The zero-order valence-electron chi connectivity index (χ0n) is 14.3. The zero-order chi connectivity index (χ0) is 20.9. The van der Waals surface area contributed by atoms with Crippen LogP contribution in [0.1, 0.15) is 18.9 Å². The molecule has 28 heavy (non-hydrogen) atoms. The monoisotopic (exact) mass is 454 g/mol. The largest absolute Gasteiger partial charge is 0.516 e. The number of benzene rings is 2. The van der Waals surface area contributed by atoms with E-state index in [4.69, 9.17) is 28.0 Å². The van der Waals surface area contributed by atoms with Gasteiger partial charge in [-0.05, 0) is 48.9 Å². The third-order valence-electron chi connectivity index (χ3n) is 3.32. The Bertz CT molecular complexity index is 963. The fourth-order valence-electron chi connectivity index (χ4n) is 2.06. The number of rotatable bonds is 7. The van der Waals surface area contributed by atoms with Gasteiger partial charge in [0.15, 0.2) is 5.75 Å². The number of alkyl halides is 3. The second-order valence-electron chi connectivity index (χ2n) is 5.43. The van der Waals surface area contributed by atoms with E-state index in [1.807, 2.05) is 0 Å². The van der Waals surface area contributed by atoms with E-state index in [9.17, 15) is 21.6 Å². The summed E-state index contributed by atoms with van der Waals surface area (Å²) in [6.45, 7) is 1.79. The van der Waals surface area contributed by atoms with Gasteiger partial charge in [0.1, 0.15) is 0 Å². The molecule has 2 N–H and O–H groups in total. The van der Waals surface area contributed by atoms with Crippen LogP contribution in [-0.2, 0) is 10.0 Å². The first-order valence-corrected chi connectivity index (χ1v) is 10.0. The smallest absolute Gasteiger partial charge is 0.382 e. The molecule has 0 amide bonds. The number of hydrogen-bond acceptors (Lipinski definition) is 4. The molecule has 0 aliphatic carbocycles. The third-order valence-corrected chi connectivity index (χ3v) is 4.91. The summed E-state index contributed by atoms with van der Waals surface area (Å²) in [5.74, 6) is 0.380. The van der Waals surface area contributed by atoms with Crippen molar-refractivity contribution in [2.24, 2.45) is 0 Å². The summed E-state index contributed by atoms with van der Waals surface area (Å²) in [5.41, 5.74) is -2.87. The quantitative estimate of drug-likeness (QED) is 0.535. The molecule has 0 unspecified atom stereocenters. The number of nitrogens with one attached hydrogen (secondary N) is 2. The zero-order valence-corrected chi connectivity index (χ0v) is 16.7. The fraction of sp³-hybridized carbons (Fsp3) is 0.176. The molecule has 0 aromatic heterocycles. The maximum Gasteiger partial charge on any atom is 0.516 e. The highest BCUT2D eigenvalue weighted by Crippen LogP contribution is 2.31. The molecule has 2 aromatic rings. The van der Waals surface area contributed by atoms with Crippen LogP contribution in [-0.4, -0.2) is 13.9 Å². The van der Waals surface area contributed by atoms with Crippen LogP contribution < -0.4 is 15.0 Å². The Kier molecular flexibility index (Phi) is 7.08. The average Bonchev–Trinajstić information content (AvgIpc) is 2.60. The molecule has 2 aromatic carbocycles. The van der Waals surface area contributed by atoms with Crippen LogP contribution in [0.3, 0.4) is 0 Å². The van der Waals surface area contributed by atoms with Crippen LogP contribution in [0, 0.1) is 0 Å². The SMILES string of the molecule is CCC=C(NOc1ccc(Cl)cc1)c1cc(Cl)ccc1NS(=O)(=O)C(F)(F)F. The van der Waals surface area contributed by atoms with Crippen molar-refractivity contribution in [3.63, 3.8) is 0 Å². The number of anilines is 1. The highest BCUT2D eigenvalue weighted by atomic mass is 35.5. The van der Waals surface area contributed by atoms with Crippen LogP contribution in [0.25, 0.3) is 5.70 Å². The average molecular weight is 455 g/mol. The van der Waals surface area contributed by atoms with E-state index in [1.54, 1.807) is 37.3 Å². The van der Waals surface area contributed by atoms with Crippen LogP contribution >= 0.6 is 23.2 Å². The van der Waals surface area contributed by atoms with Crippen molar-refractivity contribution in [1.29, 1.82) is 0 Å². The number of hydrogen-bond donors (Lipinski definition) is 2. The molecular formula is C17H15Cl2F3N2O3S. The third kappa shape index (κ3) is 5.70. The minimum Gasteiger partial charge on any atom is -0.382 e. The number of hydroxylamine groups is 1. The number of halogens is 5. The highest BCUT2D eigenvalue weighted by Gasteiger charge is 2.46. The fourth-order valence-corrected chi connectivity index (χ4v) is 2.94. The van der Waals surface area contributed by atoms with Gasteiger partial charge in [-0.25, -0.2) is 5.48 Å². The second kappa shape index (κ2) is 8.93. The van der Waals surface area contributed by atoms with E-state index in [-0.39, 0.29) is 22.0 Å². The molecule has 0 aliphatic heterocycles. The van der Waals surface area contributed by atoms with E-state index in [1.165, 1.54) is 16.9 Å². The summed E-state index contributed by atoms with van der Waals surface area (Å²) in [6, 6.07) is 10.0. The van der Waals surface area contributed by atoms with Gasteiger partial charge in [-0.2, -0.15) is 21.6 Å². The lowest BCUT2D eigenvalue weighted by molar-refractivity contribution is -0.0429. The Morgan fingerprint density at radius 1 is 1.11 bits per heavy atom. The van der Waals surface area contributed by atoms with Gasteiger partial charge < -0.3 is 4.84 Å². The molecule has 0 spiro atoms. The maximum absolute atomic E-state index is 12.7. The van der Waals surface area contributed by atoms with Gasteiger partial charge in [-0.15, -0.1) is 0 Å². The highest BCUT2D eigenvalue weighted by molar-refractivity contribution is 7.93. The molecule has 0 saturated heterocycles. The first kappa shape index (κ1) is 22.2. The number of sulfonamides is 1. The molecule has 0 fully saturated rings. The van der Waals surface area contributed by atoms with Gasteiger partial charge in [0.05, 0.1) is 11.4 Å². The molecule has 2 rings (SSSR count). The van der Waals surface area contributed by atoms with Gasteiger partial charge in [0, 0.05) is 15.6 Å². The van der Waals surface area contributed by atoms with Gasteiger partial charge in [-0.3, -0.25) is 4.72 Å². The lowest BCUT2D eigenvalue weighted by Gasteiger charge is -2.18. The normalized spacial score (nSPS) is 12.6. The van der Waals surface area contributed by atoms with Crippen molar-refractivity contribution in [2.45, 2.75) is 18.9 Å². The predicted octanol–water partition coefficient (Wildman–Crippen LogP) is 5.59. The van der Waals surface area contributed by atoms with E-state index >= 15 is 0 Å². The molecule has 0 bridgehead atoms. The Morgan fingerprint density at radius 3 is 2.29 bits per heavy atom. The van der Waals surface area contributed by atoms with Gasteiger partial charge >= 0.3 is 15.5 Å². The molecule has 0 atom stereocenters. The van der Waals surface area contributed by atoms with Crippen molar-refractivity contribution < 1.29 is 26.4 Å². The maximum atomic E-state index is 12.7. The number of allylic oxidation sites excluding steroid dienone is 1. The van der Waals surface area contributed by atoms with Crippen LogP contribution in [0.2, 0.25) is 10.0 Å². The van der Waals surface area contributed by atoms with Crippen LogP contribution in [0.15, 0.2) is 48.5 Å². The van der Waals surface area contributed by atoms with Crippen LogP contribution in [0.4, 0.5) is 18.9 Å². The molecule has 0 heterocycles. The molecule has 5 nitrogen and oxygen atoms in total. The minimum atomic E-state index is -5.61. The lowest BCUT2D eigenvalue weighted by atomic mass is 10.1. The molecule has 0 radical (unpaired) electrons. The van der Waals surface area contributed by atoms with Gasteiger partial charge in [-0.1, -0.05) is 36.2 Å². The van der Waals surface area contributed by atoms with E-state index in [2.05, 4.69) is 5.48 Å². The summed E-state index contributed by atoms with van der Waals surface area (Å²) in [5, 5.41) is 0.690. The van der Waals surface area contributed by atoms with Gasteiger partial charge in [0.2, 0.25) is 0 Å². The van der Waals surface area contributed by atoms with E-state index in [0.29, 0.717) is 17.2 Å². The van der Waals surface area contributed by atoms with Crippen molar-refractivity contribution in [2.75, 3.05) is 4.72 Å². The van der Waals surface area contributed by atoms with Gasteiger partial charge in [0.25, 0.3) is 0 Å². The first-order valence-electron chi connectivity index (χ1n) is 7.81. The molecule has 0 aliphatic rings. The second-order valence-corrected chi connectivity index (χ2v) is 7.97. The Balaban J connectivity index is 2.37. The first-order chi connectivity index (χ1) is 13.0. The summed E-state index contributed by atoms with van der Waals surface area (Å²) < 4.78 is 62.7. The van der Waals surface area contributed by atoms with Crippen molar-refractivity contribution in [3.8, 4) is 5.75 Å². The Morgan fingerprint density at radius 2 is 1.71 bits per heavy atom. The standard InChI is InChI=1S/C17H15Cl2F3N2O3S/c1-2-3-15(23-27-13-7-4-11(18)5-8-13)14-10-12(19)6-9-16(14)24-28(25,26)17(20,21)22/h3-10,23-24H,2H2,1H3. The summed E-state index contributed by atoms with van der Waals surface area (Å²) in [6.07, 6.45) is 2.08. The van der Waals surface area contributed by atoms with E-state index in [0.717, 1.165) is 6.07 Å². The van der Waals surface area contributed by atoms with E-state index < -0.39 is 15.5 Å². The topological polar surface area (TPSA) is 67.4 Å². The summed E-state index contributed by atoms with van der Waals surface area (Å²) >= 11 is 11.7. The van der Waals surface area contributed by atoms with Crippen LogP contribution in [0.5, 0.6) is 5.75 Å². The Hall–Kier alpha value is -2.10.